The molecule has 0 unspecified atom stereocenters. The normalized spacial score (nSPS) is 18.3. The Morgan fingerprint density at radius 2 is 1.94 bits per heavy atom. The van der Waals surface area contributed by atoms with Crippen molar-refractivity contribution in [2.45, 2.75) is 38.3 Å². The maximum atomic E-state index is 5.45. The van der Waals surface area contributed by atoms with Crippen LogP contribution < -0.4 is 0 Å². The number of rotatable bonds is 3. The molecular formula is C15H22BrNO. The van der Waals surface area contributed by atoms with Gasteiger partial charge in [0, 0.05) is 29.3 Å². The van der Waals surface area contributed by atoms with Gasteiger partial charge in [-0.3, -0.25) is 4.90 Å². The number of benzene rings is 1. The monoisotopic (exact) mass is 311 g/mol. The van der Waals surface area contributed by atoms with Gasteiger partial charge in [-0.2, -0.15) is 0 Å². The lowest BCUT2D eigenvalue weighted by Crippen LogP contribution is -2.47. The second kappa shape index (κ2) is 5.72. The molecule has 1 aliphatic heterocycles. The molecule has 1 fully saturated rings. The van der Waals surface area contributed by atoms with Crippen molar-refractivity contribution in [3.05, 3.63) is 34.3 Å². The summed E-state index contributed by atoms with van der Waals surface area (Å²) in [4.78, 5) is 2.50. The lowest BCUT2D eigenvalue weighted by molar-refractivity contribution is 0.00552. The van der Waals surface area contributed by atoms with Crippen molar-refractivity contribution in [3.8, 4) is 0 Å². The van der Waals surface area contributed by atoms with Crippen molar-refractivity contribution in [3.63, 3.8) is 0 Å². The van der Waals surface area contributed by atoms with Gasteiger partial charge in [-0.1, -0.05) is 28.1 Å². The first kappa shape index (κ1) is 14.0. The molecule has 0 bridgehead atoms. The number of nitrogens with zero attached hydrogens (tertiary/aromatic N) is 1. The molecule has 2 nitrogen and oxygen atoms in total. The third-order valence-corrected chi connectivity index (χ3v) is 4.64. The van der Waals surface area contributed by atoms with Gasteiger partial charge in [-0.15, -0.1) is 0 Å². The fourth-order valence-electron chi connectivity index (χ4n) is 2.60. The Morgan fingerprint density at radius 3 is 2.56 bits per heavy atom. The molecule has 1 aromatic rings. The molecule has 0 spiro atoms. The fourth-order valence-corrected chi connectivity index (χ4v) is 3.00. The average Bonchev–Trinajstić information content (AvgIpc) is 2.39. The summed E-state index contributed by atoms with van der Waals surface area (Å²) < 4.78 is 6.60. The Balaban J connectivity index is 2.18. The van der Waals surface area contributed by atoms with Crippen LogP contribution >= 0.6 is 15.9 Å². The van der Waals surface area contributed by atoms with Crippen LogP contribution in [0.4, 0.5) is 0 Å². The second-order valence-corrected chi connectivity index (χ2v) is 6.44. The van der Waals surface area contributed by atoms with Crippen molar-refractivity contribution in [1.82, 2.24) is 4.90 Å². The summed E-state index contributed by atoms with van der Waals surface area (Å²) >= 11 is 3.56. The SMILES string of the molecule is CN(C1CCOCC1)C(C)(C)c1cccc(Br)c1. The highest BCUT2D eigenvalue weighted by molar-refractivity contribution is 9.10. The molecule has 0 amide bonds. The van der Waals surface area contributed by atoms with E-state index < -0.39 is 0 Å². The molecule has 3 heteroatoms. The number of halogens is 1. The number of hydrogen-bond donors (Lipinski definition) is 0. The van der Waals surface area contributed by atoms with Crippen molar-refractivity contribution in [2.24, 2.45) is 0 Å². The summed E-state index contributed by atoms with van der Waals surface area (Å²) in [6, 6.07) is 9.23. The number of ether oxygens (including phenoxy) is 1. The van der Waals surface area contributed by atoms with Crippen molar-refractivity contribution >= 4 is 15.9 Å². The van der Waals surface area contributed by atoms with Crippen LogP contribution in [0.5, 0.6) is 0 Å². The average molecular weight is 312 g/mol. The molecule has 18 heavy (non-hydrogen) atoms. The summed E-state index contributed by atoms with van der Waals surface area (Å²) in [5, 5.41) is 0. The lowest BCUT2D eigenvalue weighted by Gasteiger charge is -2.43. The molecule has 0 aliphatic carbocycles. The number of hydrogen-bond acceptors (Lipinski definition) is 2. The van der Waals surface area contributed by atoms with Gasteiger partial charge < -0.3 is 4.74 Å². The van der Waals surface area contributed by atoms with Gasteiger partial charge in [0.2, 0.25) is 0 Å². The minimum absolute atomic E-state index is 0.0474. The van der Waals surface area contributed by atoms with Crippen LogP contribution in [0.15, 0.2) is 28.7 Å². The van der Waals surface area contributed by atoms with Gasteiger partial charge >= 0.3 is 0 Å². The molecule has 1 aliphatic rings. The van der Waals surface area contributed by atoms with E-state index >= 15 is 0 Å². The third kappa shape index (κ3) is 2.95. The molecule has 1 heterocycles. The van der Waals surface area contributed by atoms with Crippen LogP contribution in [0.25, 0.3) is 0 Å². The zero-order valence-electron chi connectivity index (χ0n) is 11.4. The van der Waals surface area contributed by atoms with E-state index in [2.05, 4.69) is 66.0 Å². The molecule has 0 N–H and O–H groups in total. The van der Waals surface area contributed by atoms with Crippen LogP contribution in [0.1, 0.15) is 32.3 Å². The van der Waals surface area contributed by atoms with Gasteiger partial charge in [0.15, 0.2) is 0 Å². The predicted molar refractivity (Wildman–Crippen MR) is 78.8 cm³/mol. The molecule has 0 aromatic heterocycles. The third-order valence-electron chi connectivity index (χ3n) is 4.15. The quantitative estimate of drug-likeness (QED) is 0.842. The first-order valence-corrected chi connectivity index (χ1v) is 7.38. The summed E-state index contributed by atoms with van der Waals surface area (Å²) in [6.45, 7) is 6.38. The highest BCUT2D eigenvalue weighted by Gasteiger charge is 2.31. The first-order valence-electron chi connectivity index (χ1n) is 6.58. The molecule has 100 valence electrons. The van der Waals surface area contributed by atoms with Gasteiger partial charge in [0.05, 0.1) is 0 Å². The zero-order valence-corrected chi connectivity index (χ0v) is 13.0. The maximum Gasteiger partial charge on any atom is 0.0480 e. The molecule has 1 aromatic carbocycles. The van der Waals surface area contributed by atoms with E-state index in [0.29, 0.717) is 6.04 Å². The van der Waals surface area contributed by atoms with Crippen molar-refractivity contribution in [2.75, 3.05) is 20.3 Å². The summed E-state index contributed by atoms with van der Waals surface area (Å²) in [6.07, 6.45) is 2.27. The van der Waals surface area contributed by atoms with Crippen LogP contribution in [0.2, 0.25) is 0 Å². The Morgan fingerprint density at radius 1 is 1.28 bits per heavy atom. The van der Waals surface area contributed by atoms with E-state index in [1.54, 1.807) is 0 Å². The highest BCUT2D eigenvalue weighted by Crippen LogP contribution is 2.32. The van der Waals surface area contributed by atoms with Gasteiger partial charge in [-0.05, 0) is 51.4 Å². The van der Waals surface area contributed by atoms with Crippen LogP contribution in [0.3, 0.4) is 0 Å². The minimum atomic E-state index is 0.0474. The summed E-state index contributed by atoms with van der Waals surface area (Å²) in [7, 11) is 2.23. The standard InChI is InChI=1S/C15H22BrNO/c1-15(2,12-5-4-6-13(16)11-12)17(3)14-7-9-18-10-8-14/h4-6,11,14H,7-10H2,1-3H3. The zero-order chi connectivity index (χ0) is 13.2. The van der Waals surface area contributed by atoms with E-state index in [1.165, 1.54) is 5.56 Å². The van der Waals surface area contributed by atoms with E-state index in [0.717, 1.165) is 30.5 Å². The van der Waals surface area contributed by atoms with Crippen LogP contribution in [0, 0.1) is 0 Å². The van der Waals surface area contributed by atoms with E-state index in [-0.39, 0.29) is 5.54 Å². The molecule has 0 radical (unpaired) electrons. The molecule has 1 saturated heterocycles. The van der Waals surface area contributed by atoms with E-state index in [1.807, 2.05) is 0 Å². The summed E-state index contributed by atoms with van der Waals surface area (Å²) in [5.41, 5.74) is 1.40. The molecular weight excluding hydrogens is 290 g/mol. The molecule has 2 rings (SSSR count). The Kier molecular flexibility index (Phi) is 4.46. The largest absolute Gasteiger partial charge is 0.381 e. The summed E-state index contributed by atoms with van der Waals surface area (Å²) in [5.74, 6) is 0. The first-order chi connectivity index (χ1) is 8.51. The van der Waals surface area contributed by atoms with Crippen LogP contribution in [-0.4, -0.2) is 31.2 Å². The topological polar surface area (TPSA) is 12.5 Å². The Bertz CT molecular complexity index is 399. The van der Waals surface area contributed by atoms with E-state index in [4.69, 9.17) is 4.74 Å². The maximum absolute atomic E-state index is 5.45. The predicted octanol–water partition coefficient (Wildman–Crippen LogP) is 3.80. The van der Waals surface area contributed by atoms with Gasteiger partial charge in [0.25, 0.3) is 0 Å². The van der Waals surface area contributed by atoms with Gasteiger partial charge in [0.1, 0.15) is 0 Å². The lowest BCUT2D eigenvalue weighted by atomic mass is 9.90. The molecule has 0 saturated carbocycles. The molecule has 0 atom stereocenters. The minimum Gasteiger partial charge on any atom is -0.381 e. The Labute approximate surface area is 118 Å². The smallest absolute Gasteiger partial charge is 0.0480 e. The Hall–Kier alpha value is -0.380. The fraction of sp³-hybridized carbons (Fsp3) is 0.600. The van der Waals surface area contributed by atoms with Crippen molar-refractivity contribution < 1.29 is 4.74 Å². The van der Waals surface area contributed by atoms with Crippen LogP contribution in [-0.2, 0) is 10.3 Å². The van der Waals surface area contributed by atoms with Crippen molar-refractivity contribution in [1.29, 1.82) is 0 Å². The highest BCUT2D eigenvalue weighted by atomic mass is 79.9. The van der Waals surface area contributed by atoms with E-state index in [9.17, 15) is 0 Å². The van der Waals surface area contributed by atoms with Gasteiger partial charge in [-0.25, -0.2) is 0 Å². The second-order valence-electron chi connectivity index (χ2n) is 5.52.